The van der Waals surface area contributed by atoms with Gasteiger partial charge in [-0.2, -0.15) is 8.78 Å². The van der Waals surface area contributed by atoms with E-state index in [9.17, 15) is 18.7 Å². The van der Waals surface area contributed by atoms with Crippen molar-refractivity contribution in [3.05, 3.63) is 29.8 Å². The molecule has 0 aliphatic heterocycles. The molecule has 5 nitrogen and oxygen atoms in total. The highest BCUT2D eigenvalue weighted by Gasteiger charge is 2.28. The molecule has 0 radical (unpaired) electrons. The molecule has 7 heteroatoms. The van der Waals surface area contributed by atoms with Crippen molar-refractivity contribution in [2.45, 2.75) is 64.9 Å². The van der Waals surface area contributed by atoms with Crippen LogP contribution < -0.4 is 10.1 Å². The number of nitrogens with one attached hydrogen (secondary N) is 1. The monoisotopic (exact) mass is 371 g/mol. The van der Waals surface area contributed by atoms with E-state index < -0.39 is 24.2 Å². The number of halogens is 2. The fraction of sp³-hybridized carbons (Fsp3) is 0.632. The fourth-order valence-corrected chi connectivity index (χ4v) is 2.33. The molecule has 0 spiro atoms. The lowest BCUT2D eigenvalue weighted by Crippen LogP contribution is -2.37. The van der Waals surface area contributed by atoms with Crippen molar-refractivity contribution in [1.29, 1.82) is 0 Å². The zero-order valence-electron chi connectivity index (χ0n) is 15.4. The van der Waals surface area contributed by atoms with Crippen LogP contribution in [0.1, 0.15) is 51.6 Å². The Hall–Kier alpha value is -1.73. The Labute approximate surface area is 152 Å². The van der Waals surface area contributed by atoms with Crippen LogP contribution in [0, 0.1) is 5.41 Å². The summed E-state index contributed by atoms with van der Waals surface area (Å²) in [5.74, 6) is -0.296. The van der Waals surface area contributed by atoms with Crippen LogP contribution in [0.5, 0.6) is 5.75 Å². The van der Waals surface area contributed by atoms with Gasteiger partial charge in [0.15, 0.2) is 0 Å². The summed E-state index contributed by atoms with van der Waals surface area (Å²) in [6.07, 6.45) is 1.32. The van der Waals surface area contributed by atoms with Crippen LogP contribution in [0.2, 0.25) is 0 Å². The highest BCUT2D eigenvalue weighted by atomic mass is 19.3. The van der Waals surface area contributed by atoms with E-state index in [0.29, 0.717) is 5.56 Å². The number of ether oxygens (including phenoxy) is 2. The van der Waals surface area contributed by atoms with Crippen molar-refractivity contribution in [2.75, 3.05) is 6.61 Å². The summed E-state index contributed by atoms with van der Waals surface area (Å²) in [5.41, 5.74) is 0.199. The summed E-state index contributed by atoms with van der Waals surface area (Å²) < 4.78 is 35.0. The third-order valence-corrected chi connectivity index (χ3v) is 4.22. The Balaban J connectivity index is 2.06. The molecule has 1 aliphatic rings. The Bertz CT molecular complexity index is 599. The molecular formula is C19H27F2NO4. The summed E-state index contributed by atoms with van der Waals surface area (Å²) in [4.78, 5) is 12.3. The largest absolute Gasteiger partial charge is 0.435 e. The fourth-order valence-electron chi connectivity index (χ4n) is 2.33. The van der Waals surface area contributed by atoms with E-state index in [2.05, 4.69) is 10.1 Å². The second-order valence-corrected chi connectivity index (χ2v) is 7.69. The van der Waals surface area contributed by atoms with Crippen molar-refractivity contribution in [2.24, 2.45) is 5.41 Å². The van der Waals surface area contributed by atoms with Crippen LogP contribution in [0.3, 0.4) is 0 Å². The van der Waals surface area contributed by atoms with Crippen molar-refractivity contribution < 1.29 is 28.2 Å². The predicted octanol–water partition coefficient (Wildman–Crippen LogP) is 3.42. The number of hydrogen-bond donors (Lipinski definition) is 2. The molecule has 2 N–H and O–H groups in total. The average Bonchev–Trinajstić information content (AvgIpc) is 3.34. The van der Waals surface area contributed by atoms with Crippen molar-refractivity contribution in [3.63, 3.8) is 0 Å². The van der Waals surface area contributed by atoms with Gasteiger partial charge in [0.05, 0.1) is 31.3 Å². The van der Waals surface area contributed by atoms with Crippen LogP contribution in [0.4, 0.5) is 8.78 Å². The lowest BCUT2D eigenvalue weighted by molar-refractivity contribution is -0.125. The van der Waals surface area contributed by atoms with Crippen LogP contribution >= 0.6 is 0 Å². The third-order valence-electron chi connectivity index (χ3n) is 4.22. The van der Waals surface area contributed by atoms with E-state index in [1.807, 2.05) is 20.8 Å². The van der Waals surface area contributed by atoms with E-state index in [-0.39, 0.29) is 30.8 Å². The molecule has 0 heterocycles. The first kappa shape index (κ1) is 20.6. The van der Waals surface area contributed by atoms with E-state index in [4.69, 9.17) is 4.74 Å². The lowest BCUT2D eigenvalue weighted by Gasteiger charge is -2.26. The summed E-state index contributed by atoms with van der Waals surface area (Å²) >= 11 is 0. The predicted molar refractivity (Wildman–Crippen MR) is 93.0 cm³/mol. The first-order chi connectivity index (χ1) is 12.1. The molecule has 1 aromatic rings. The number of benzene rings is 1. The second-order valence-electron chi connectivity index (χ2n) is 7.69. The number of aliphatic hydroxyl groups excluding tert-OH is 1. The van der Waals surface area contributed by atoms with Crippen LogP contribution in [-0.2, 0) is 9.53 Å². The van der Waals surface area contributed by atoms with Crippen molar-refractivity contribution in [1.82, 2.24) is 5.32 Å². The molecule has 0 saturated heterocycles. The average molecular weight is 371 g/mol. The molecule has 1 aliphatic carbocycles. The maximum atomic E-state index is 12.4. The molecule has 1 fully saturated rings. The van der Waals surface area contributed by atoms with Crippen molar-refractivity contribution >= 4 is 5.91 Å². The van der Waals surface area contributed by atoms with Crippen LogP contribution in [0.25, 0.3) is 0 Å². The molecule has 26 heavy (non-hydrogen) atoms. The minimum Gasteiger partial charge on any atom is -0.435 e. The number of alkyl halides is 2. The van der Waals surface area contributed by atoms with Gasteiger partial charge in [0, 0.05) is 0 Å². The molecule has 2 rings (SSSR count). The molecule has 1 aromatic carbocycles. The zero-order valence-corrected chi connectivity index (χ0v) is 15.4. The van der Waals surface area contributed by atoms with Gasteiger partial charge in [0.25, 0.3) is 0 Å². The lowest BCUT2D eigenvalue weighted by atomic mass is 9.87. The van der Waals surface area contributed by atoms with Gasteiger partial charge in [-0.15, -0.1) is 0 Å². The molecule has 0 aromatic heterocycles. The Morgan fingerprint density at radius 3 is 2.62 bits per heavy atom. The van der Waals surface area contributed by atoms with Gasteiger partial charge in [-0.3, -0.25) is 4.79 Å². The van der Waals surface area contributed by atoms with Gasteiger partial charge in [0.2, 0.25) is 5.91 Å². The molecule has 1 saturated carbocycles. The van der Waals surface area contributed by atoms with E-state index >= 15 is 0 Å². The Kier molecular flexibility index (Phi) is 6.94. The Morgan fingerprint density at radius 2 is 2.04 bits per heavy atom. The van der Waals surface area contributed by atoms with Gasteiger partial charge in [-0.25, -0.2) is 0 Å². The number of amides is 1. The van der Waals surface area contributed by atoms with E-state index in [1.54, 1.807) is 12.1 Å². The molecule has 1 unspecified atom stereocenters. The maximum Gasteiger partial charge on any atom is 0.387 e. The second kappa shape index (κ2) is 8.77. The highest BCUT2D eigenvalue weighted by molar-refractivity contribution is 5.77. The number of hydrogen-bond acceptors (Lipinski definition) is 4. The highest BCUT2D eigenvalue weighted by Crippen LogP contribution is 2.27. The molecule has 1 amide bonds. The maximum absolute atomic E-state index is 12.4. The summed E-state index contributed by atoms with van der Waals surface area (Å²) in [5, 5.41) is 12.9. The third kappa shape index (κ3) is 6.88. The SMILES string of the molecule is CC(C)(C)C(O)CC(=O)N[C@@H](COC1CC1)c1cccc(OC(F)F)c1. The standard InChI is InChI=1S/C19H27F2NO4/c1-19(2,3)16(23)10-17(24)22-15(11-25-13-7-8-13)12-5-4-6-14(9-12)26-18(20)21/h4-6,9,13,15-16,18,23H,7-8,10-11H2,1-3H3,(H,22,24)/t15-,16?/m0/s1. The quantitative estimate of drug-likeness (QED) is 0.698. The molecule has 146 valence electrons. The molecule has 0 bridgehead atoms. The normalized spacial score (nSPS) is 17.0. The summed E-state index contributed by atoms with van der Waals surface area (Å²) in [7, 11) is 0. The minimum absolute atomic E-state index is 0.0258. The number of carbonyl (C=O) groups is 1. The zero-order chi connectivity index (χ0) is 19.3. The minimum atomic E-state index is -2.91. The summed E-state index contributed by atoms with van der Waals surface area (Å²) in [6, 6.07) is 5.71. The van der Waals surface area contributed by atoms with Crippen molar-refractivity contribution in [3.8, 4) is 5.75 Å². The van der Waals surface area contributed by atoms with Crippen LogP contribution in [0.15, 0.2) is 24.3 Å². The number of aliphatic hydroxyl groups is 1. The molecule has 2 atom stereocenters. The first-order valence-electron chi connectivity index (χ1n) is 8.79. The summed E-state index contributed by atoms with van der Waals surface area (Å²) in [6.45, 7) is 2.88. The van der Waals surface area contributed by atoms with Gasteiger partial charge < -0.3 is 19.9 Å². The van der Waals surface area contributed by atoms with Gasteiger partial charge in [0.1, 0.15) is 5.75 Å². The topological polar surface area (TPSA) is 67.8 Å². The smallest absolute Gasteiger partial charge is 0.387 e. The number of carbonyl (C=O) groups excluding carboxylic acids is 1. The molecular weight excluding hydrogens is 344 g/mol. The van der Waals surface area contributed by atoms with Gasteiger partial charge in [-0.05, 0) is 36.0 Å². The van der Waals surface area contributed by atoms with Gasteiger partial charge in [-0.1, -0.05) is 32.9 Å². The van der Waals surface area contributed by atoms with Crippen LogP contribution in [-0.4, -0.2) is 36.4 Å². The van der Waals surface area contributed by atoms with E-state index in [0.717, 1.165) is 12.8 Å². The first-order valence-corrected chi connectivity index (χ1v) is 8.79. The number of rotatable bonds is 9. The van der Waals surface area contributed by atoms with E-state index in [1.165, 1.54) is 12.1 Å². The Morgan fingerprint density at radius 1 is 1.35 bits per heavy atom. The van der Waals surface area contributed by atoms with Gasteiger partial charge >= 0.3 is 6.61 Å².